The number of aromatic nitrogens is 4. The van der Waals surface area contributed by atoms with Crippen molar-refractivity contribution in [1.82, 2.24) is 18.7 Å². The average molecular weight is 357 g/mol. The molecular formula is C16H15N5O5. The number of anilines is 1. The molecule has 10 nitrogen and oxygen atoms in total. The van der Waals surface area contributed by atoms with Gasteiger partial charge in [-0.1, -0.05) is 0 Å². The predicted octanol–water partition coefficient (Wildman–Crippen LogP) is -0.199. The fourth-order valence-electron chi connectivity index (χ4n) is 2.85. The fraction of sp³-hybridized carbons (Fsp3) is 0.250. The van der Waals surface area contributed by atoms with Crippen LogP contribution in [0.5, 0.6) is 11.5 Å². The van der Waals surface area contributed by atoms with Crippen LogP contribution in [0.25, 0.3) is 11.2 Å². The van der Waals surface area contributed by atoms with Crippen molar-refractivity contribution in [3.63, 3.8) is 0 Å². The summed E-state index contributed by atoms with van der Waals surface area (Å²) in [4.78, 5) is 41.4. The van der Waals surface area contributed by atoms with Gasteiger partial charge in [-0.15, -0.1) is 0 Å². The molecule has 1 amide bonds. The number of benzene rings is 1. The van der Waals surface area contributed by atoms with Crippen LogP contribution in [-0.4, -0.2) is 31.4 Å². The van der Waals surface area contributed by atoms with Gasteiger partial charge in [-0.25, -0.2) is 14.3 Å². The molecule has 0 atom stereocenters. The number of hydrogen-bond acceptors (Lipinski definition) is 6. The van der Waals surface area contributed by atoms with Crippen LogP contribution in [0, 0.1) is 0 Å². The van der Waals surface area contributed by atoms with Crippen LogP contribution in [0.2, 0.25) is 0 Å². The number of amides is 1. The molecule has 0 saturated heterocycles. The maximum atomic E-state index is 12.6. The van der Waals surface area contributed by atoms with Gasteiger partial charge in [0.2, 0.25) is 12.7 Å². The van der Waals surface area contributed by atoms with Gasteiger partial charge in [-0.2, -0.15) is 0 Å². The van der Waals surface area contributed by atoms with Gasteiger partial charge in [0, 0.05) is 25.8 Å². The summed E-state index contributed by atoms with van der Waals surface area (Å²) in [5.74, 6) is 0.603. The molecule has 4 rings (SSSR count). The summed E-state index contributed by atoms with van der Waals surface area (Å²) in [6, 6.07) is 4.94. The lowest BCUT2D eigenvalue weighted by molar-refractivity contribution is -0.116. The number of carbonyl (C=O) groups excluding carboxylic acids is 1. The highest BCUT2D eigenvalue weighted by Crippen LogP contribution is 2.34. The largest absolute Gasteiger partial charge is 0.454 e. The first kappa shape index (κ1) is 15.9. The predicted molar refractivity (Wildman–Crippen MR) is 91.4 cm³/mol. The van der Waals surface area contributed by atoms with Crippen LogP contribution in [0.15, 0.2) is 34.1 Å². The highest BCUT2D eigenvalue weighted by molar-refractivity contribution is 5.91. The molecule has 2 aromatic heterocycles. The molecule has 0 bridgehead atoms. The molecule has 0 fully saturated rings. The molecule has 26 heavy (non-hydrogen) atoms. The quantitative estimate of drug-likeness (QED) is 0.695. The molecule has 0 aliphatic carbocycles. The zero-order valence-electron chi connectivity index (χ0n) is 14.1. The number of aryl methyl sites for hydroxylation is 2. The first-order chi connectivity index (χ1) is 12.5. The summed E-state index contributed by atoms with van der Waals surface area (Å²) in [5.41, 5.74) is -0.172. The van der Waals surface area contributed by atoms with E-state index in [1.807, 2.05) is 0 Å². The first-order valence-corrected chi connectivity index (χ1v) is 7.76. The van der Waals surface area contributed by atoms with Gasteiger partial charge in [0.1, 0.15) is 6.54 Å². The highest BCUT2D eigenvalue weighted by Gasteiger charge is 2.18. The van der Waals surface area contributed by atoms with E-state index in [2.05, 4.69) is 10.3 Å². The Morgan fingerprint density at radius 1 is 1.23 bits per heavy atom. The van der Waals surface area contributed by atoms with Crippen LogP contribution in [0.4, 0.5) is 5.69 Å². The summed E-state index contributed by atoms with van der Waals surface area (Å²) in [5, 5.41) is 2.65. The van der Waals surface area contributed by atoms with Crippen molar-refractivity contribution in [1.29, 1.82) is 0 Å². The molecule has 0 unspecified atom stereocenters. The van der Waals surface area contributed by atoms with E-state index in [4.69, 9.17) is 9.47 Å². The van der Waals surface area contributed by atoms with E-state index in [1.165, 1.54) is 22.5 Å². The number of ether oxygens (including phenoxy) is 2. The zero-order chi connectivity index (χ0) is 18.4. The molecule has 1 aromatic carbocycles. The minimum absolute atomic E-state index is 0.128. The summed E-state index contributed by atoms with van der Waals surface area (Å²) in [7, 11) is 3.15. The fourth-order valence-corrected chi connectivity index (χ4v) is 2.85. The van der Waals surface area contributed by atoms with Gasteiger partial charge < -0.3 is 19.4 Å². The summed E-state index contributed by atoms with van der Waals surface area (Å²) >= 11 is 0. The third-order valence-electron chi connectivity index (χ3n) is 4.16. The van der Waals surface area contributed by atoms with Gasteiger partial charge in [-0.05, 0) is 12.1 Å². The molecule has 3 aromatic rings. The van der Waals surface area contributed by atoms with E-state index in [-0.39, 0.29) is 18.0 Å². The standard InChI is InChI=1S/C16H15N5O5/c1-19-7-17-14-13(19)15(23)21(16(24)20(14)2)6-12(22)18-9-3-4-10-11(5-9)26-8-25-10/h3-5,7H,6,8H2,1-2H3,(H,18,22). The molecule has 0 spiro atoms. The van der Waals surface area contributed by atoms with Crippen molar-refractivity contribution >= 4 is 22.8 Å². The summed E-state index contributed by atoms with van der Waals surface area (Å²) in [6.07, 6.45) is 1.45. The van der Waals surface area contributed by atoms with E-state index < -0.39 is 23.7 Å². The maximum absolute atomic E-state index is 12.6. The van der Waals surface area contributed by atoms with Crippen molar-refractivity contribution < 1.29 is 14.3 Å². The maximum Gasteiger partial charge on any atom is 0.332 e. The van der Waals surface area contributed by atoms with Crippen LogP contribution < -0.4 is 26.0 Å². The Hall–Kier alpha value is -3.56. The second-order valence-electron chi connectivity index (χ2n) is 5.88. The molecule has 134 valence electrons. The minimum Gasteiger partial charge on any atom is -0.454 e. The minimum atomic E-state index is -0.609. The Balaban J connectivity index is 1.65. The summed E-state index contributed by atoms with van der Waals surface area (Å²) < 4.78 is 14.1. The Kier molecular flexibility index (Phi) is 3.53. The molecule has 1 N–H and O–H groups in total. The molecule has 0 saturated carbocycles. The SMILES string of the molecule is Cn1cnc2c1c(=O)n(CC(=O)Nc1ccc3c(c1)OCO3)c(=O)n2C. The zero-order valence-corrected chi connectivity index (χ0v) is 14.1. The van der Waals surface area contributed by atoms with Gasteiger partial charge in [-0.3, -0.25) is 14.2 Å². The number of fused-ring (bicyclic) bond motifs is 2. The Morgan fingerprint density at radius 2 is 2.00 bits per heavy atom. The molecular weight excluding hydrogens is 342 g/mol. The lowest BCUT2D eigenvalue weighted by Crippen LogP contribution is -2.42. The van der Waals surface area contributed by atoms with E-state index in [0.717, 1.165) is 4.57 Å². The lowest BCUT2D eigenvalue weighted by Gasteiger charge is -2.09. The molecule has 0 radical (unpaired) electrons. The Morgan fingerprint density at radius 3 is 2.81 bits per heavy atom. The van der Waals surface area contributed by atoms with Crippen LogP contribution in [0.1, 0.15) is 0 Å². The highest BCUT2D eigenvalue weighted by atomic mass is 16.7. The van der Waals surface area contributed by atoms with Gasteiger partial charge >= 0.3 is 5.69 Å². The van der Waals surface area contributed by atoms with E-state index in [0.29, 0.717) is 17.2 Å². The number of carbonyl (C=O) groups is 1. The Labute approximate surface area is 146 Å². The van der Waals surface area contributed by atoms with Crippen LogP contribution in [-0.2, 0) is 25.4 Å². The van der Waals surface area contributed by atoms with E-state index >= 15 is 0 Å². The van der Waals surface area contributed by atoms with E-state index in [1.54, 1.807) is 25.2 Å². The second-order valence-corrected chi connectivity index (χ2v) is 5.88. The van der Waals surface area contributed by atoms with Gasteiger partial charge in [0.05, 0.1) is 6.33 Å². The van der Waals surface area contributed by atoms with Crippen LogP contribution in [0.3, 0.4) is 0 Å². The average Bonchev–Trinajstić information content (AvgIpc) is 3.23. The third kappa shape index (κ3) is 2.42. The van der Waals surface area contributed by atoms with Crippen molar-refractivity contribution in [3.8, 4) is 11.5 Å². The molecule has 10 heteroatoms. The topological polar surface area (TPSA) is 109 Å². The second kappa shape index (κ2) is 5.76. The number of nitrogens with one attached hydrogen (secondary N) is 1. The number of nitrogens with zero attached hydrogens (tertiary/aromatic N) is 4. The Bertz CT molecular complexity index is 1160. The normalized spacial score (nSPS) is 12.5. The number of imidazole rings is 1. The molecule has 3 heterocycles. The number of hydrogen-bond donors (Lipinski definition) is 1. The van der Waals surface area contributed by atoms with Crippen molar-refractivity contribution in [2.45, 2.75) is 6.54 Å². The smallest absolute Gasteiger partial charge is 0.332 e. The van der Waals surface area contributed by atoms with Crippen LogP contribution >= 0.6 is 0 Å². The number of rotatable bonds is 3. The molecule has 1 aliphatic heterocycles. The lowest BCUT2D eigenvalue weighted by atomic mass is 10.3. The van der Waals surface area contributed by atoms with Gasteiger partial charge in [0.15, 0.2) is 22.7 Å². The summed E-state index contributed by atoms with van der Waals surface area (Å²) in [6.45, 7) is -0.288. The monoisotopic (exact) mass is 357 g/mol. The van der Waals surface area contributed by atoms with E-state index in [9.17, 15) is 14.4 Å². The third-order valence-corrected chi connectivity index (χ3v) is 4.16. The first-order valence-electron chi connectivity index (χ1n) is 7.76. The molecule has 1 aliphatic rings. The van der Waals surface area contributed by atoms with Crippen molar-refractivity contribution in [3.05, 3.63) is 45.4 Å². The van der Waals surface area contributed by atoms with Crippen molar-refractivity contribution in [2.24, 2.45) is 14.1 Å². The van der Waals surface area contributed by atoms with Crippen molar-refractivity contribution in [2.75, 3.05) is 12.1 Å². The van der Waals surface area contributed by atoms with Gasteiger partial charge in [0.25, 0.3) is 5.56 Å².